The lowest BCUT2D eigenvalue weighted by Gasteiger charge is -2.40. The van der Waals surface area contributed by atoms with Crippen LogP contribution in [0.2, 0.25) is 0 Å². The molecule has 0 aliphatic heterocycles. The molecule has 1 saturated carbocycles. The van der Waals surface area contributed by atoms with Gasteiger partial charge in [-0.05, 0) is 66.2 Å². The van der Waals surface area contributed by atoms with E-state index in [1.165, 1.54) is 19.3 Å². The van der Waals surface area contributed by atoms with Crippen LogP contribution < -0.4 is 5.32 Å². The van der Waals surface area contributed by atoms with Crippen LogP contribution in [-0.4, -0.2) is 31.0 Å². The van der Waals surface area contributed by atoms with Crippen molar-refractivity contribution in [2.45, 2.75) is 90.4 Å². The smallest absolute Gasteiger partial charge is 0.155 e. The van der Waals surface area contributed by atoms with Crippen LogP contribution in [0.4, 0.5) is 0 Å². The highest BCUT2D eigenvalue weighted by Gasteiger charge is 2.36. The molecule has 0 saturated heterocycles. The topological polar surface area (TPSA) is 46.2 Å². The van der Waals surface area contributed by atoms with Crippen LogP contribution in [0.5, 0.6) is 0 Å². The molecule has 3 nitrogen and oxygen atoms in total. The Hall–Kier alpha value is -0.0900. The van der Waals surface area contributed by atoms with Crippen molar-refractivity contribution in [2.75, 3.05) is 12.3 Å². The van der Waals surface area contributed by atoms with Crippen molar-refractivity contribution in [1.82, 2.24) is 5.32 Å². The van der Waals surface area contributed by atoms with Crippen molar-refractivity contribution in [2.24, 2.45) is 5.41 Å². The van der Waals surface area contributed by atoms with Gasteiger partial charge in [-0.15, -0.1) is 0 Å². The minimum absolute atomic E-state index is 0.0906. The fourth-order valence-electron chi connectivity index (χ4n) is 2.93. The number of sulfone groups is 1. The molecule has 0 radical (unpaired) electrons. The quantitative estimate of drug-likeness (QED) is 0.835. The van der Waals surface area contributed by atoms with Gasteiger partial charge in [-0.1, -0.05) is 19.3 Å². The second kappa shape index (κ2) is 6.57. The lowest BCUT2D eigenvalue weighted by molar-refractivity contribution is 0.160. The SMILES string of the molecule is CC(C)(C)NCC1(CCS(=O)(=O)C(C)(C)C)CCCCC1. The van der Waals surface area contributed by atoms with Gasteiger partial charge in [0, 0.05) is 12.1 Å². The number of hydrogen-bond acceptors (Lipinski definition) is 3. The van der Waals surface area contributed by atoms with E-state index in [4.69, 9.17) is 0 Å². The Balaban J connectivity index is 2.75. The van der Waals surface area contributed by atoms with Crippen LogP contribution in [0.1, 0.15) is 80.1 Å². The molecule has 0 aromatic heterocycles. The molecule has 0 unspecified atom stereocenters. The second-order valence-electron chi connectivity index (χ2n) is 8.85. The van der Waals surface area contributed by atoms with E-state index in [0.29, 0.717) is 5.75 Å². The molecular weight excluding hydrogens is 282 g/mol. The van der Waals surface area contributed by atoms with E-state index in [1.807, 2.05) is 20.8 Å². The average Bonchev–Trinajstić information content (AvgIpc) is 2.33. The zero-order valence-corrected chi connectivity index (χ0v) is 15.7. The van der Waals surface area contributed by atoms with Crippen LogP contribution in [0, 0.1) is 5.41 Å². The van der Waals surface area contributed by atoms with E-state index in [1.54, 1.807) is 0 Å². The Labute approximate surface area is 132 Å². The van der Waals surface area contributed by atoms with E-state index in [0.717, 1.165) is 25.8 Å². The van der Waals surface area contributed by atoms with Crippen LogP contribution in [0.25, 0.3) is 0 Å². The summed E-state index contributed by atoms with van der Waals surface area (Å²) < 4.78 is 24.2. The summed E-state index contributed by atoms with van der Waals surface area (Å²) in [4.78, 5) is 0. The summed E-state index contributed by atoms with van der Waals surface area (Å²) in [5.74, 6) is 0.322. The second-order valence-corrected chi connectivity index (χ2v) is 11.7. The van der Waals surface area contributed by atoms with Gasteiger partial charge in [-0.3, -0.25) is 0 Å². The largest absolute Gasteiger partial charge is 0.312 e. The van der Waals surface area contributed by atoms with Crippen molar-refractivity contribution in [3.8, 4) is 0 Å². The molecule has 1 aliphatic carbocycles. The number of nitrogens with one attached hydrogen (secondary N) is 1. The Morgan fingerprint density at radius 3 is 1.90 bits per heavy atom. The maximum atomic E-state index is 12.4. The van der Waals surface area contributed by atoms with Crippen molar-refractivity contribution in [3.05, 3.63) is 0 Å². The molecule has 1 rings (SSSR count). The van der Waals surface area contributed by atoms with Gasteiger partial charge in [0.05, 0.1) is 10.5 Å². The zero-order chi connectivity index (χ0) is 16.4. The van der Waals surface area contributed by atoms with Gasteiger partial charge in [-0.25, -0.2) is 8.42 Å². The maximum absolute atomic E-state index is 12.4. The van der Waals surface area contributed by atoms with E-state index >= 15 is 0 Å². The molecule has 0 heterocycles. The molecule has 1 N–H and O–H groups in total. The molecule has 0 amide bonds. The minimum atomic E-state index is -3.02. The van der Waals surface area contributed by atoms with E-state index in [2.05, 4.69) is 26.1 Å². The molecule has 0 aromatic rings. The molecule has 0 aromatic carbocycles. The van der Waals surface area contributed by atoms with Crippen LogP contribution in [0.3, 0.4) is 0 Å². The third-order valence-electron chi connectivity index (χ3n) is 4.74. The van der Waals surface area contributed by atoms with Crippen LogP contribution in [-0.2, 0) is 9.84 Å². The van der Waals surface area contributed by atoms with Gasteiger partial charge in [0.15, 0.2) is 9.84 Å². The summed E-state index contributed by atoms with van der Waals surface area (Å²) >= 11 is 0. The Kier molecular flexibility index (Phi) is 5.93. The molecular formula is C17H35NO2S. The molecule has 0 bridgehead atoms. The standard InChI is InChI=1S/C17H35NO2S/c1-15(2,3)18-14-17(10-8-7-9-11-17)12-13-21(19,20)16(4,5)6/h18H,7-14H2,1-6H3. The van der Waals surface area contributed by atoms with Crippen molar-refractivity contribution in [3.63, 3.8) is 0 Å². The lowest BCUT2D eigenvalue weighted by atomic mass is 9.72. The zero-order valence-electron chi connectivity index (χ0n) is 14.9. The van der Waals surface area contributed by atoms with Gasteiger partial charge in [0.2, 0.25) is 0 Å². The highest BCUT2D eigenvalue weighted by molar-refractivity contribution is 7.92. The number of rotatable bonds is 5. The molecule has 1 fully saturated rings. The third kappa shape index (κ3) is 5.90. The Bertz CT molecular complexity index is 421. The average molecular weight is 318 g/mol. The van der Waals surface area contributed by atoms with Crippen LogP contribution >= 0.6 is 0 Å². The van der Waals surface area contributed by atoms with E-state index < -0.39 is 14.6 Å². The number of hydrogen-bond donors (Lipinski definition) is 1. The molecule has 0 atom stereocenters. The van der Waals surface area contributed by atoms with E-state index in [9.17, 15) is 8.42 Å². The molecule has 0 spiro atoms. The summed E-state index contributed by atoms with van der Waals surface area (Å²) in [7, 11) is -3.02. The van der Waals surface area contributed by atoms with Gasteiger partial charge < -0.3 is 5.32 Å². The predicted octanol–water partition coefficient (Wildman–Crippen LogP) is 3.93. The van der Waals surface area contributed by atoms with Crippen molar-refractivity contribution < 1.29 is 8.42 Å². The summed E-state index contributed by atoms with van der Waals surface area (Å²) in [6, 6.07) is 0. The van der Waals surface area contributed by atoms with E-state index in [-0.39, 0.29) is 11.0 Å². The summed E-state index contributed by atoms with van der Waals surface area (Å²) in [6.07, 6.45) is 6.90. The molecule has 126 valence electrons. The van der Waals surface area contributed by atoms with Crippen molar-refractivity contribution in [1.29, 1.82) is 0 Å². The highest BCUT2D eigenvalue weighted by atomic mass is 32.2. The first-order valence-corrected chi connectivity index (χ1v) is 10.00. The third-order valence-corrected chi connectivity index (χ3v) is 7.35. The van der Waals surface area contributed by atoms with Gasteiger partial charge >= 0.3 is 0 Å². The molecule has 21 heavy (non-hydrogen) atoms. The predicted molar refractivity (Wildman–Crippen MR) is 91.4 cm³/mol. The monoisotopic (exact) mass is 317 g/mol. The normalized spacial score (nSPS) is 20.5. The first kappa shape index (κ1) is 19.0. The molecule has 1 aliphatic rings. The molecule has 4 heteroatoms. The maximum Gasteiger partial charge on any atom is 0.155 e. The van der Waals surface area contributed by atoms with Crippen LogP contribution in [0.15, 0.2) is 0 Å². The highest BCUT2D eigenvalue weighted by Crippen LogP contribution is 2.40. The summed E-state index contributed by atoms with van der Waals surface area (Å²) in [5, 5.41) is 3.61. The Morgan fingerprint density at radius 1 is 0.952 bits per heavy atom. The fraction of sp³-hybridized carbons (Fsp3) is 1.00. The van der Waals surface area contributed by atoms with Gasteiger partial charge in [-0.2, -0.15) is 0 Å². The minimum Gasteiger partial charge on any atom is -0.312 e. The first-order valence-electron chi connectivity index (χ1n) is 8.34. The lowest BCUT2D eigenvalue weighted by Crippen LogP contribution is -2.46. The fourth-order valence-corrected chi connectivity index (χ4v) is 4.24. The Morgan fingerprint density at radius 2 is 1.48 bits per heavy atom. The summed E-state index contributed by atoms with van der Waals surface area (Å²) in [6.45, 7) is 12.9. The summed E-state index contributed by atoms with van der Waals surface area (Å²) in [5.41, 5.74) is 0.261. The first-order chi connectivity index (χ1) is 9.37. The van der Waals surface area contributed by atoms with Gasteiger partial charge in [0.1, 0.15) is 0 Å². The van der Waals surface area contributed by atoms with Crippen molar-refractivity contribution >= 4 is 9.84 Å². The van der Waals surface area contributed by atoms with Gasteiger partial charge in [0.25, 0.3) is 0 Å².